The van der Waals surface area contributed by atoms with Crippen molar-refractivity contribution in [3.8, 4) is 0 Å². The lowest BCUT2D eigenvalue weighted by Gasteiger charge is -2.16. The molecule has 0 spiro atoms. The van der Waals surface area contributed by atoms with E-state index < -0.39 is 0 Å². The third-order valence-corrected chi connectivity index (χ3v) is 3.14. The van der Waals surface area contributed by atoms with E-state index in [1.165, 1.54) is 6.26 Å². The predicted molar refractivity (Wildman–Crippen MR) is 82.2 cm³/mol. The first-order chi connectivity index (χ1) is 10.5. The Morgan fingerprint density at radius 3 is 2.73 bits per heavy atom. The van der Waals surface area contributed by atoms with Crippen molar-refractivity contribution in [1.82, 2.24) is 10.1 Å². The van der Waals surface area contributed by atoms with Gasteiger partial charge in [0.15, 0.2) is 0 Å². The fraction of sp³-hybridized carbons (Fsp3) is 0.312. The molecule has 116 valence electrons. The first-order valence-corrected chi connectivity index (χ1v) is 7.03. The number of aromatic nitrogens is 1. The van der Waals surface area contributed by atoms with Crippen LogP contribution in [0.15, 0.2) is 41.1 Å². The quantitative estimate of drug-likeness (QED) is 0.921. The Kier molecular flexibility index (Phi) is 4.93. The second kappa shape index (κ2) is 6.89. The molecular weight excluding hydrogens is 282 g/mol. The highest BCUT2D eigenvalue weighted by Crippen LogP contribution is 2.14. The summed E-state index contributed by atoms with van der Waals surface area (Å²) in [6, 6.07) is 8.60. The second-order valence-corrected chi connectivity index (χ2v) is 5.38. The van der Waals surface area contributed by atoms with E-state index in [9.17, 15) is 9.59 Å². The van der Waals surface area contributed by atoms with Gasteiger partial charge in [0, 0.05) is 30.3 Å². The molecule has 1 aromatic heterocycles. The van der Waals surface area contributed by atoms with Crippen LogP contribution in [0.4, 0.5) is 5.69 Å². The second-order valence-electron chi connectivity index (χ2n) is 5.38. The lowest BCUT2D eigenvalue weighted by Crippen LogP contribution is -2.26. The van der Waals surface area contributed by atoms with Gasteiger partial charge in [0.2, 0.25) is 5.91 Å². The average molecular weight is 301 g/mol. The van der Waals surface area contributed by atoms with Crippen molar-refractivity contribution in [3.05, 3.63) is 47.9 Å². The maximum Gasteiger partial charge on any atom is 0.254 e. The first kappa shape index (κ1) is 15.8. The van der Waals surface area contributed by atoms with Crippen LogP contribution in [0.2, 0.25) is 0 Å². The molecular formula is C16H19N3O3. The van der Waals surface area contributed by atoms with Crippen molar-refractivity contribution < 1.29 is 14.1 Å². The predicted octanol–water partition coefficient (Wildman–Crippen LogP) is 2.54. The molecule has 0 aliphatic rings. The van der Waals surface area contributed by atoms with Crippen molar-refractivity contribution in [2.75, 3.05) is 12.4 Å². The van der Waals surface area contributed by atoms with Gasteiger partial charge in [-0.25, -0.2) is 0 Å². The molecule has 1 heterocycles. The maximum absolute atomic E-state index is 12.4. The molecule has 0 unspecified atom stereocenters. The van der Waals surface area contributed by atoms with Gasteiger partial charge in [-0.3, -0.25) is 9.59 Å². The van der Waals surface area contributed by atoms with Gasteiger partial charge in [0.25, 0.3) is 5.91 Å². The van der Waals surface area contributed by atoms with E-state index in [1.807, 2.05) is 13.8 Å². The Morgan fingerprint density at radius 1 is 1.32 bits per heavy atom. The van der Waals surface area contributed by atoms with Gasteiger partial charge in [0.05, 0.1) is 6.54 Å². The molecule has 6 heteroatoms. The molecule has 0 bridgehead atoms. The molecule has 0 saturated carbocycles. The zero-order chi connectivity index (χ0) is 16.1. The molecule has 0 radical (unpaired) electrons. The Balaban J connectivity index is 2.08. The fourth-order valence-electron chi connectivity index (χ4n) is 1.87. The summed E-state index contributed by atoms with van der Waals surface area (Å²) in [4.78, 5) is 25.7. The number of carbonyl (C=O) groups excluding carboxylic acids is 2. The van der Waals surface area contributed by atoms with Gasteiger partial charge < -0.3 is 14.7 Å². The van der Waals surface area contributed by atoms with Gasteiger partial charge >= 0.3 is 0 Å². The van der Waals surface area contributed by atoms with Crippen LogP contribution in [-0.2, 0) is 11.3 Å². The maximum atomic E-state index is 12.4. The van der Waals surface area contributed by atoms with E-state index >= 15 is 0 Å². The van der Waals surface area contributed by atoms with Gasteiger partial charge in [-0.05, 0) is 18.2 Å². The van der Waals surface area contributed by atoms with E-state index in [1.54, 1.807) is 42.3 Å². The zero-order valence-corrected chi connectivity index (χ0v) is 12.9. The number of rotatable bonds is 5. The van der Waals surface area contributed by atoms with Crippen molar-refractivity contribution >= 4 is 17.5 Å². The van der Waals surface area contributed by atoms with Crippen LogP contribution < -0.4 is 5.32 Å². The smallest absolute Gasteiger partial charge is 0.254 e. The fourth-order valence-corrected chi connectivity index (χ4v) is 1.87. The number of hydrogen-bond donors (Lipinski definition) is 1. The highest BCUT2D eigenvalue weighted by Gasteiger charge is 2.14. The SMILES string of the molecule is CC(C)C(=O)Nc1cccc(C(=O)N(C)Cc2ccon2)c1. The number of carbonyl (C=O) groups is 2. The van der Waals surface area contributed by atoms with Crippen molar-refractivity contribution in [2.45, 2.75) is 20.4 Å². The summed E-state index contributed by atoms with van der Waals surface area (Å²) >= 11 is 0. The third-order valence-electron chi connectivity index (χ3n) is 3.14. The topological polar surface area (TPSA) is 75.4 Å². The van der Waals surface area contributed by atoms with Gasteiger partial charge in [-0.1, -0.05) is 25.1 Å². The van der Waals surface area contributed by atoms with E-state index in [0.717, 1.165) is 0 Å². The van der Waals surface area contributed by atoms with Crippen molar-refractivity contribution in [1.29, 1.82) is 0 Å². The molecule has 0 fully saturated rings. The van der Waals surface area contributed by atoms with E-state index in [2.05, 4.69) is 10.5 Å². The number of amides is 2. The van der Waals surface area contributed by atoms with Crippen LogP contribution in [0.3, 0.4) is 0 Å². The molecule has 0 aliphatic heterocycles. The van der Waals surface area contributed by atoms with Crippen LogP contribution in [0.5, 0.6) is 0 Å². The average Bonchev–Trinajstić information content (AvgIpc) is 2.99. The Labute approximate surface area is 129 Å². The van der Waals surface area contributed by atoms with E-state index in [-0.39, 0.29) is 17.7 Å². The highest BCUT2D eigenvalue weighted by atomic mass is 16.5. The van der Waals surface area contributed by atoms with Crippen molar-refractivity contribution in [3.63, 3.8) is 0 Å². The minimum Gasteiger partial charge on any atom is -0.364 e. The standard InChI is InChI=1S/C16H19N3O3/c1-11(2)15(20)17-13-6-4-5-12(9-13)16(21)19(3)10-14-7-8-22-18-14/h4-9,11H,10H2,1-3H3,(H,17,20). The Bertz CT molecular complexity index is 650. The number of anilines is 1. The Morgan fingerprint density at radius 2 is 2.09 bits per heavy atom. The largest absolute Gasteiger partial charge is 0.364 e. The summed E-state index contributed by atoms with van der Waals surface area (Å²) < 4.78 is 4.75. The Hall–Kier alpha value is -2.63. The van der Waals surface area contributed by atoms with Crippen LogP contribution in [0, 0.1) is 5.92 Å². The van der Waals surface area contributed by atoms with Crippen molar-refractivity contribution in [2.24, 2.45) is 5.92 Å². The minimum atomic E-state index is -0.149. The summed E-state index contributed by atoms with van der Waals surface area (Å²) in [5.74, 6) is -0.349. The van der Waals surface area contributed by atoms with Crippen LogP contribution in [0.25, 0.3) is 0 Å². The van der Waals surface area contributed by atoms with Gasteiger partial charge in [-0.2, -0.15) is 0 Å². The molecule has 2 amide bonds. The molecule has 1 N–H and O–H groups in total. The molecule has 0 saturated heterocycles. The van der Waals surface area contributed by atoms with Crippen LogP contribution >= 0.6 is 0 Å². The molecule has 2 rings (SSSR count). The molecule has 0 aliphatic carbocycles. The summed E-state index contributed by atoms with van der Waals surface area (Å²) in [6.07, 6.45) is 1.47. The van der Waals surface area contributed by atoms with E-state index in [0.29, 0.717) is 23.5 Å². The molecule has 22 heavy (non-hydrogen) atoms. The summed E-state index contributed by atoms with van der Waals surface area (Å²) in [6.45, 7) is 3.99. The molecule has 6 nitrogen and oxygen atoms in total. The van der Waals surface area contributed by atoms with Gasteiger partial charge in [-0.15, -0.1) is 0 Å². The van der Waals surface area contributed by atoms with E-state index in [4.69, 9.17) is 4.52 Å². The molecule has 0 atom stereocenters. The number of benzene rings is 1. The third kappa shape index (κ3) is 3.94. The summed E-state index contributed by atoms with van der Waals surface area (Å²) in [7, 11) is 1.69. The first-order valence-electron chi connectivity index (χ1n) is 7.03. The minimum absolute atomic E-state index is 0.0828. The normalized spacial score (nSPS) is 10.5. The van der Waals surface area contributed by atoms with Gasteiger partial charge in [0.1, 0.15) is 12.0 Å². The zero-order valence-electron chi connectivity index (χ0n) is 12.9. The van der Waals surface area contributed by atoms with Crippen LogP contribution in [0.1, 0.15) is 29.9 Å². The highest BCUT2D eigenvalue weighted by molar-refractivity contribution is 5.97. The lowest BCUT2D eigenvalue weighted by atomic mass is 10.1. The number of nitrogens with one attached hydrogen (secondary N) is 1. The number of hydrogen-bond acceptors (Lipinski definition) is 4. The van der Waals surface area contributed by atoms with Crippen LogP contribution in [-0.4, -0.2) is 28.9 Å². The lowest BCUT2D eigenvalue weighted by molar-refractivity contribution is -0.118. The monoisotopic (exact) mass is 301 g/mol. The summed E-state index contributed by atoms with van der Waals surface area (Å²) in [5, 5.41) is 6.57. The molecule has 2 aromatic rings. The molecule has 1 aromatic carbocycles. The number of nitrogens with zero attached hydrogens (tertiary/aromatic N) is 2. The summed E-state index contributed by atoms with van der Waals surface area (Å²) in [5.41, 5.74) is 1.80.